The van der Waals surface area contributed by atoms with Gasteiger partial charge in [0.25, 0.3) is 5.91 Å². The average Bonchev–Trinajstić information content (AvgIpc) is 3.05. The molecular formula is C23H28FNO3S. The Labute approximate surface area is 175 Å². The number of esters is 1. The standard InChI is InChI=1S/C23H28FNO3S/c1-5-23(3,4)14-11-12-16-18(13-14)29-21(19(16)22(27)28-6-2)25-20(26)15-9-7-8-10-17(15)24/h7-10,14H,5-6,11-13H2,1-4H3,(H,25,26). The third-order valence-corrected chi connectivity index (χ3v) is 7.28. The van der Waals surface area contributed by atoms with E-state index in [0.29, 0.717) is 16.5 Å². The zero-order valence-electron chi connectivity index (χ0n) is 17.4. The van der Waals surface area contributed by atoms with Crippen LogP contribution in [0.3, 0.4) is 0 Å². The Bertz CT molecular complexity index is 919. The summed E-state index contributed by atoms with van der Waals surface area (Å²) in [6, 6.07) is 5.83. The molecule has 1 amide bonds. The third kappa shape index (κ3) is 4.37. The number of benzene rings is 1. The summed E-state index contributed by atoms with van der Waals surface area (Å²) in [6.07, 6.45) is 3.74. The van der Waals surface area contributed by atoms with Crippen LogP contribution in [0.25, 0.3) is 0 Å². The predicted octanol–water partition coefficient (Wildman–Crippen LogP) is 5.86. The van der Waals surface area contributed by atoms with Crippen LogP contribution in [0.15, 0.2) is 24.3 Å². The second-order valence-electron chi connectivity index (χ2n) is 8.14. The van der Waals surface area contributed by atoms with Gasteiger partial charge in [-0.1, -0.05) is 39.3 Å². The van der Waals surface area contributed by atoms with Gasteiger partial charge in [-0.15, -0.1) is 11.3 Å². The number of fused-ring (bicyclic) bond motifs is 1. The fourth-order valence-electron chi connectivity index (χ4n) is 3.86. The molecule has 3 rings (SSSR count). The zero-order chi connectivity index (χ0) is 21.2. The molecule has 1 aliphatic carbocycles. The summed E-state index contributed by atoms with van der Waals surface area (Å²) in [7, 11) is 0. The van der Waals surface area contributed by atoms with Crippen molar-refractivity contribution in [2.24, 2.45) is 11.3 Å². The second-order valence-corrected chi connectivity index (χ2v) is 9.25. The van der Waals surface area contributed by atoms with Gasteiger partial charge < -0.3 is 10.1 Å². The first-order valence-corrected chi connectivity index (χ1v) is 11.0. The second kappa shape index (κ2) is 8.66. The average molecular weight is 418 g/mol. The molecule has 1 N–H and O–H groups in total. The maximum atomic E-state index is 14.0. The summed E-state index contributed by atoms with van der Waals surface area (Å²) in [6.45, 7) is 8.78. The van der Waals surface area contributed by atoms with Gasteiger partial charge in [0.15, 0.2) is 0 Å². The maximum Gasteiger partial charge on any atom is 0.341 e. The van der Waals surface area contributed by atoms with E-state index in [1.807, 2.05) is 0 Å². The molecule has 1 aromatic carbocycles. The van der Waals surface area contributed by atoms with Crippen LogP contribution in [0, 0.1) is 17.2 Å². The lowest BCUT2D eigenvalue weighted by Crippen LogP contribution is -2.28. The third-order valence-electron chi connectivity index (χ3n) is 6.11. The number of carbonyl (C=O) groups excluding carboxylic acids is 2. The van der Waals surface area contributed by atoms with Crippen molar-refractivity contribution in [1.29, 1.82) is 0 Å². The molecule has 0 spiro atoms. The number of carbonyl (C=O) groups is 2. The fraction of sp³-hybridized carbons (Fsp3) is 0.478. The highest BCUT2D eigenvalue weighted by Gasteiger charge is 2.35. The summed E-state index contributed by atoms with van der Waals surface area (Å²) in [5.41, 5.74) is 1.57. The van der Waals surface area contributed by atoms with Gasteiger partial charge in [-0.2, -0.15) is 0 Å². The van der Waals surface area contributed by atoms with E-state index in [0.717, 1.165) is 36.1 Å². The number of anilines is 1. The quantitative estimate of drug-likeness (QED) is 0.599. The van der Waals surface area contributed by atoms with E-state index in [-0.39, 0.29) is 17.6 Å². The van der Waals surface area contributed by atoms with Crippen molar-refractivity contribution in [1.82, 2.24) is 0 Å². The van der Waals surface area contributed by atoms with E-state index in [4.69, 9.17) is 4.74 Å². The van der Waals surface area contributed by atoms with Gasteiger partial charge in [0.05, 0.1) is 17.7 Å². The van der Waals surface area contributed by atoms with Crippen LogP contribution in [0.2, 0.25) is 0 Å². The van der Waals surface area contributed by atoms with E-state index in [2.05, 4.69) is 26.1 Å². The number of nitrogens with one attached hydrogen (secondary N) is 1. The Balaban J connectivity index is 1.96. The molecule has 29 heavy (non-hydrogen) atoms. The van der Waals surface area contributed by atoms with Crippen molar-refractivity contribution in [2.45, 2.75) is 53.4 Å². The molecule has 0 bridgehead atoms. The van der Waals surface area contributed by atoms with Crippen LogP contribution in [0.5, 0.6) is 0 Å². The molecule has 0 aliphatic heterocycles. The Morgan fingerprint density at radius 1 is 1.28 bits per heavy atom. The summed E-state index contributed by atoms with van der Waals surface area (Å²) < 4.78 is 19.3. The highest BCUT2D eigenvalue weighted by molar-refractivity contribution is 7.17. The van der Waals surface area contributed by atoms with Gasteiger partial charge in [0, 0.05) is 4.88 Å². The van der Waals surface area contributed by atoms with E-state index in [9.17, 15) is 14.0 Å². The summed E-state index contributed by atoms with van der Waals surface area (Å²) in [4.78, 5) is 26.5. The van der Waals surface area contributed by atoms with Crippen molar-refractivity contribution in [3.63, 3.8) is 0 Å². The molecule has 1 heterocycles. The molecule has 0 saturated carbocycles. The molecule has 0 fully saturated rings. The van der Waals surface area contributed by atoms with Crippen molar-refractivity contribution >= 4 is 28.2 Å². The first kappa shape index (κ1) is 21.5. The largest absolute Gasteiger partial charge is 0.462 e. The fourth-order valence-corrected chi connectivity index (χ4v) is 5.18. The maximum absolute atomic E-state index is 14.0. The Kier molecular flexibility index (Phi) is 6.42. The molecule has 1 aromatic heterocycles. The number of hydrogen-bond donors (Lipinski definition) is 1. The lowest BCUT2D eigenvalue weighted by Gasteiger charge is -2.36. The van der Waals surface area contributed by atoms with Crippen LogP contribution in [0.1, 0.15) is 71.7 Å². The van der Waals surface area contributed by atoms with Gasteiger partial charge in [-0.05, 0) is 55.2 Å². The van der Waals surface area contributed by atoms with Crippen molar-refractivity contribution in [2.75, 3.05) is 11.9 Å². The lowest BCUT2D eigenvalue weighted by atomic mass is 9.69. The lowest BCUT2D eigenvalue weighted by molar-refractivity contribution is 0.0526. The minimum Gasteiger partial charge on any atom is -0.462 e. The highest BCUT2D eigenvalue weighted by Crippen LogP contribution is 2.45. The number of hydrogen-bond acceptors (Lipinski definition) is 4. The normalized spacial score (nSPS) is 16.2. The summed E-state index contributed by atoms with van der Waals surface area (Å²) in [5, 5.41) is 3.23. The van der Waals surface area contributed by atoms with Gasteiger partial charge in [0.1, 0.15) is 10.8 Å². The zero-order valence-corrected chi connectivity index (χ0v) is 18.2. The monoisotopic (exact) mass is 417 g/mol. The molecular weight excluding hydrogens is 389 g/mol. The van der Waals surface area contributed by atoms with E-state index in [1.165, 1.54) is 29.5 Å². The van der Waals surface area contributed by atoms with Gasteiger partial charge in [0.2, 0.25) is 0 Å². The van der Waals surface area contributed by atoms with Crippen molar-refractivity contribution in [3.8, 4) is 0 Å². The topological polar surface area (TPSA) is 55.4 Å². The smallest absolute Gasteiger partial charge is 0.341 e. The Hall–Kier alpha value is -2.21. The molecule has 0 radical (unpaired) electrons. The summed E-state index contributed by atoms with van der Waals surface area (Å²) in [5.74, 6) is -1.06. The van der Waals surface area contributed by atoms with Gasteiger partial charge in [-0.3, -0.25) is 4.79 Å². The molecule has 156 valence electrons. The van der Waals surface area contributed by atoms with E-state index < -0.39 is 17.7 Å². The minimum absolute atomic E-state index is 0.0429. The predicted molar refractivity (Wildman–Crippen MR) is 114 cm³/mol. The molecule has 0 saturated heterocycles. The van der Waals surface area contributed by atoms with Crippen LogP contribution in [-0.2, 0) is 17.6 Å². The van der Waals surface area contributed by atoms with E-state index in [1.54, 1.807) is 13.0 Å². The minimum atomic E-state index is -0.589. The van der Waals surface area contributed by atoms with Crippen molar-refractivity contribution in [3.05, 3.63) is 51.7 Å². The molecule has 1 atom stereocenters. The molecule has 1 unspecified atom stereocenters. The highest BCUT2D eigenvalue weighted by atomic mass is 32.1. The van der Waals surface area contributed by atoms with E-state index >= 15 is 0 Å². The van der Waals surface area contributed by atoms with Crippen LogP contribution in [0.4, 0.5) is 9.39 Å². The van der Waals surface area contributed by atoms with Crippen molar-refractivity contribution < 1.29 is 18.7 Å². The number of amides is 1. The first-order valence-electron chi connectivity index (χ1n) is 10.2. The van der Waals surface area contributed by atoms with Gasteiger partial charge >= 0.3 is 5.97 Å². The van der Waals surface area contributed by atoms with Crippen LogP contribution in [-0.4, -0.2) is 18.5 Å². The Morgan fingerprint density at radius 3 is 2.66 bits per heavy atom. The number of ether oxygens (including phenoxy) is 1. The SMILES string of the molecule is CCOC(=O)c1c(NC(=O)c2ccccc2F)sc2c1CCC(C(C)(C)CC)C2. The van der Waals surface area contributed by atoms with Gasteiger partial charge in [-0.25, -0.2) is 9.18 Å². The first-order chi connectivity index (χ1) is 13.8. The Morgan fingerprint density at radius 2 is 2.00 bits per heavy atom. The van der Waals surface area contributed by atoms with Crippen LogP contribution < -0.4 is 5.32 Å². The number of thiophene rings is 1. The summed E-state index contributed by atoms with van der Waals surface area (Å²) >= 11 is 1.42. The molecule has 1 aliphatic rings. The molecule has 2 aromatic rings. The number of halogens is 1. The number of rotatable bonds is 6. The molecule has 6 heteroatoms. The van der Waals surface area contributed by atoms with Crippen LogP contribution >= 0.6 is 11.3 Å². The molecule has 4 nitrogen and oxygen atoms in total.